The summed E-state index contributed by atoms with van der Waals surface area (Å²) in [5, 5.41) is 7.86. The number of hydrogen-bond acceptors (Lipinski definition) is 4. The molecule has 150 valence electrons. The van der Waals surface area contributed by atoms with Crippen LogP contribution in [0.4, 0.5) is 10.5 Å². The number of carbonyl (C=O) groups is 3. The van der Waals surface area contributed by atoms with E-state index in [2.05, 4.69) is 31.9 Å². The number of halogens is 1. The molecule has 0 heterocycles. The van der Waals surface area contributed by atoms with Crippen LogP contribution in [0.5, 0.6) is 0 Å². The molecule has 0 bridgehead atoms. The molecular formula is C19H28BrN3O4. The molecule has 3 amide bonds. The normalized spacial score (nSPS) is 12.3. The number of urea groups is 1. The van der Waals surface area contributed by atoms with E-state index in [4.69, 9.17) is 4.74 Å². The Morgan fingerprint density at radius 3 is 2.22 bits per heavy atom. The summed E-state index contributed by atoms with van der Waals surface area (Å²) in [6.45, 7) is 8.90. The first-order valence-corrected chi connectivity index (χ1v) is 9.58. The van der Waals surface area contributed by atoms with E-state index in [9.17, 15) is 14.4 Å². The summed E-state index contributed by atoms with van der Waals surface area (Å²) in [6, 6.07) is 5.83. The Hall–Kier alpha value is -2.09. The number of esters is 1. The van der Waals surface area contributed by atoms with E-state index in [1.807, 2.05) is 13.8 Å². The Labute approximate surface area is 168 Å². The maximum absolute atomic E-state index is 12.4. The van der Waals surface area contributed by atoms with Gasteiger partial charge in [0.25, 0.3) is 0 Å². The zero-order valence-corrected chi connectivity index (χ0v) is 18.0. The van der Waals surface area contributed by atoms with E-state index < -0.39 is 29.6 Å². The van der Waals surface area contributed by atoms with Gasteiger partial charge < -0.3 is 20.7 Å². The highest BCUT2D eigenvalue weighted by Gasteiger charge is 2.23. The lowest BCUT2D eigenvalue weighted by Crippen LogP contribution is -2.50. The van der Waals surface area contributed by atoms with E-state index in [1.54, 1.807) is 45.0 Å². The molecule has 8 heteroatoms. The van der Waals surface area contributed by atoms with Crippen LogP contribution >= 0.6 is 15.9 Å². The van der Waals surface area contributed by atoms with Crippen LogP contribution in [0.2, 0.25) is 0 Å². The second-order valence-electron chi connectivity index (χ2n) is 7.59. The van der Waals surface area contributed by atoms with Crippen LogP contribution in [0.3, 0.4) is 0 Å². The second kappa shape index (κ2) is 10.3. The number of benzene rings is 1. The molecular weight excluding hydrogens is 414 g/mol. The SMILES string of the molecule is CC(C)C[C@H](NC(=O)Nc1ccc(Br)cc1)C(=O)NCC(=O)OC(C)(C)C. The molecule has 0 aliphatic heterocycles. The molecule has 1 atom stereocenters. The van der Waals surface area contributed by atoms with Crippen molar-refractivity contribution in [3.63, 3.8) is 0 Å². The molecule has 1 rings (SSSR count). The Morgan fingerprint density at radius 2 is 1.70 bits per heavy atom. The third-order valence-electron chi connectivity index (χ3n) is 3.26. The lowest BCUT2D eigenvalue weighted by Gasteiger charge is -2.22. The molecule has 1 aromatic carbocycles. The largest absolute Gasteiger partial charge is 0.459 e. The molecule has 0 unspecified atom stereocenters. The van der Waals surface area contributed by atoms with Gasteiger partial charge in [-0.05, 0) is 57.4 Å². The first kappa shape index (κ1) is 23.0. The van der Waals surface area contributed by atoms with Gasteiger partial charge in [0.1, 0.15) is 18.2 Å². The molecule has 0 fully saturated rings. The van der Waals surface area contributed by atoms with Gasteiger partial charge in [-0.1, -0.05) is 29.8 Å². The van der Waals surface area contributed by atoms with Crippen molar-refractivity contribution in [3.05, 3.63) is 28.7 Å². The monoisotopic (exact) mass is 441 g/mol. The van der Waals surface area contributed by atoms with Gasteiger partial charge in [-0.25, -0.2) is 4.79 Å². The van der Waals surface area contributed by atoms with Crippen molar-refractivity contribution in [3.8, 4) is 0 Å². The molecule has 0 radical (unpaired) electrons. The van der Waals surface area contributed by atoms with E-state index in [-0.39, 0.29) is 12.5 Å². The number of rotatable bonds is 7. The standard InChI is InChI=1S/C19H28BrN3O4/c1-12(2)10-15(17(25)21-11-16(24)27-19(3,4)5)23-18(26)22-14-8-6-13(20)7-9-14/h6-9,12,15H,10-11H2,1-5H3,(H,21,25)(H2,22,23,26)/t15-/m0/s1. The van der Waals surface area contributed by atoms with E-state index in [1.165, 1.54) is 0 Å². The third-order valence-corrected chi connectivity index (χ3v) is 3.79. The van der Waals surface area contributed by atoms with Crippen LogP contribution in [-0.2, 0) is 14.3 Å². The van der Waals surface area contributed by atoms with Crippen LogP contribution in [0.15, 0.2) is 28.7 Å². The van der Waals surface area contributed by atoms with Crippen molar-refractivity contribution in [1.82, 2.24) is 10.6 Å². The fourth-order valence-electron chi connectivity index (χ4n) is 2.22. The predicted molar refractivity (Wildman–Crippen MR) is 108 cm³/mol. The highest BCUT2D eigenvalue weighted by molar-refractivity contribution is 9.10. The topological polar surface area (TPSA) is 96.5 Å². The lowest BCUT2D eigenvalue weighted by atomic mass is 10.0. The second-order valence-corrected chi connectivity index (χ2v) is 8.51. The molecule has 0 saturated carbocycles. The summed E-state index contributed by atoms with van der Waals surface area (Å²) < 4.78 is 6.06. The molecule has 0 aromatic heterocycles. The van der Waals surface area contributed by atoms with Crippen LogP contribution in [-0.4, -0.2) is 36.1 Å². The molecule has 0 aliphatic carbocycles. The Morgan fingerprint density at radius 1 is 1.11 bits per heavy atom. The van der Waals surface area contributed by atoms with Gasteiger partial charge in [0.2, 0.25) is 5.91 Å². The Balaban J connectivity index is 2.62. The van der Waals surface area contributed by atoms with Gasteiger partial charge in [-0.2, -0.15) is 0 Å². The highest BCUT2D eigenvalue weighted by Crippen LogP contribution is 2.14. The van der Waals surface area contributed by atoms with E-state index in [0.29, 0.717) is 12.1 Å². The van der Waals surface area contributed by atoms with Gasteiger partial charge in [0.15, 0.2) is 0 Å². The Kier molecular flexibility index (Phi) is 8.75. The van der Waals surface area contributed by atoms with Crippen LogP contribution < -0.4 is 16.0 Å². The maximum Gasteiger partial charge on any atom is 0.325 e. The zero-order chi connectivity index (χ0) is 20.6. The minimum Gasteiger partial charge on any atom is -0.459 e. The predicted octanol–water partition coefficient (Wildman–Crippen LogP) is 3.44. The summed E-state index contributed by atoms with van der Waals surface area (Å²) in [6.07, 6.45) is 0.438. The smallest absolute Gasteiger partial charge is 0.325 e. The highest BCUT2D eigenvalue weighted by atomic mass is 79.9. The summed E-state index contributed by atoms with van der Waals surface area (Å²) in [5.74, 6) is -0.783. The molecule has 7 nitrogen and oxygen atoms in total. The average Bonchev–Trinajstić information content (AvgIpc) is 2.52. The summed E-state index contributed by atoms with van der Waals surface area (Å²) in [7, 11) is 0. The summed E-state index contributed by atoms with van der Waals surface area (Å²) in [5.41, 5.74) is -0.0183. The minimum absolute atomic E-state index is 0.176. The first-order chi connectivity index (χ1) is 12.5. The fraction of sp³-hybridized carbons (Fsp3) is 0.526. The lowest BCUT2D eigenvalue weighted by molar-refractivity contribution is -0.154. The van der Waals surface area contributed by atoms with Crippen LogP contribution in [0.25, 0.3) is 0 Å². The van der Waals surface area contributed by atoms with E-state index >= 15 is 0 Å². The fourth-order valence-corrected chi connectivity index (χ4v) is 2.49. The summed E-state index contributed by atoms with van der Waals surface area (Å²) in [4.78, 5) is 36.4. The first-order valence-electron chi connectivity index (χ1n) is 8.79. The molecule has 3 N–H and O–H groups in total. The van der Waals surface area contributed by atoms with E-state index in [0.717, 1.165) is 4.47 Å². The average molecular weight is 442 g/mol. The van der Waals surface area contributed by atoms with Gasteiger partial charge in [-0.15, -0.1) is 0 Å². The van der Waals surface area contributed by atoms with Crippen molar-refractivity contribution in [2.45, 2.75) is 52.7 Å². The zero-order valence-electron chi connectivity index (χ0n) is 16.4. The minimum atomic E-state index is -0.761. The van der Waals surface area contributed by atoms with Crippen molar-refractivity contribution < 1.29 is 19.1 Å². The number of ether oxygens (including phenoxy) is 1. The number of nitrogens with one attached hydrogen (secondary N) is 3. The molecule has 0 aliphatic rings. The van der Waals surface area contributed by atoms with Crippen LogP contribution in [0, 0.1) is 5.92 Å². The van der Waals surface area contributed by atoms with Crippen LogP contribution in [0.1, 0.15) is 41.0 Å². The number of carbonyl (C=O) groups excluding carboxylic acids is 3. The summed E-state index contributed by atoms with van der Waals surface area (Å²) >= 11 is 3.33. The Bertz CT molecular complexity index is 654. The third kappa shape index (κ3) is 9.98. The quantitative estimate of drug-likeness (QED) is 0.564. The molecule has 27 heavy (non-hydrogen) atoms. The van der Waals surface area contributed by atoms with Crippen molar-refractivity contribution in [2.75, 3.05) is 11.9 Å². The van der Waals surface area contributed by atoms with Gasteiger partial charge in [0.05, 0.1) is 0 Å². The van der Waals surface area contributed by atoms with Gasteiger partial charge >= 0.3 is 12.0 Å². The number of amides is 3. The van der Waals surface area contributed by atoms with Gasteiger partial charge in [0, 0.05) is 10.2 Å². The molecule has 0 saturated heterocycles. The number of anilines is 1. The molecule has 1 aromatic rings. The van der Waals surface area contributed by atoms with Crippen molar-refractivity contribution in [1.29, 1.82) is 0 Å². The van der Waals surface area contributed by atoms with Crippen molar-refractivity contribution >= 4 is 39.5 Å². The molecule has 0 spiro atoms. The van der Waals surface area contributed by atoms with Crippen molar-refractivity contribution in [2.24, 2.45) is 5.92 Å². The van der Waals surface area contributed by atoms with Gasteiger partial charge in [-0.3, -0.25) is 9.59 Å². The maximum atomic E-state index is 12.4. The number of hydrogen-bond donors (Lipinski definition) is 3.